The molecule has 1 saturated carbocycles. The minimum Gasteiger partial charge on any atom is -0.481 e. The Bertz CT molecular complexity index is 392. The monoisotopic (exact) mass is 269 g/mol. The molecule has 19 heavy (non-hydrogen) atoms. The Balaban J connectivity index is 1.92. The predicted octanol–water partition coefficient (Wildman–Crippen LogP) is -0.0847. The van der Waals surface area contributed by atoms with Crippen LogP contribution in [0.1, 0.15) is 32.1 Å². The number of hydrogen-bond donors (Lipinski definition) is 3. The van der Waals surface area contributed by atoms with Crippen LogP contribution in [0.25, 0.3) is 0 Å². The first kappa shape index (κ1) is 13.6. The number of nitrogens with zero attached hydrogens (tertiary/aromatic N) is 1. The average molecular weight is 269 g/mol. The zero-order valence-electron chi connectivity index (χ0n) is 10.8. The van der Waals surface area contributed by atoms with Gasteiger partial charge in [-0.05, 0) is 19.3 Å². The summed E-state index contributed by atoms with van der Waals surface area (Å²) >= 11 is 0. The van der Waals surface area contributed by atoms with E-state index in [0.29, 0.717) is 38.9 Å². The lowest BCUT2D eigenvalue weighted by molar-refractivity contribution is -0.139. The highest BCUT2D eigenvalue weighted by Crippen LogP contribution is 2.35. The summed E-state index contributed by atoms with van der Waals surface area (Å²) in [6.07, 6.45) is 2.60. The Morgan fingerprint density at radius 2 is 2.11 bits per heavy atom. The number of aliphatic carboxylic acids is 1. The summed E-state index contributed by atoms with van der Waals surface area (Å²) in [5, 5.41) is 14.4. The Labute approximate surface area is 111 Å². The van der Waals surface area contributed by atoms with Gasteiger partial charge in [-0.3, -0.25) is 9.59 Å². The molecule has 0 aromatic heterocycles. The van der Waals surface area contributed by atoms with E-state index in [2.05, 4.69) is 10.6 Å². The van der Waals surface area contributed by atoms with Gasteiger partial charge in [-0.1, -0.05) is 0 Å². The summed E-state index contributed by atoms with van der Waals surface area (Å²) in [6.45, 7) is 1.28. The van der Waals surface area contributed by atoms with Crippen LogP contribution in [0.3, 0.4) is 0 Å². The second kappa shape index (κ2) is 5.46. The number of nitrogens with one attached hydrogen (secondary N) is 2. The highest BCUT2D eigenvalue weighted by molar-refractivity contribution is 5.80. The third-order valence-electron chi connectivity index (χ3n) is 3.77. The van der Waals surface area contributed by atoms with E-state index in [4.69, 9.17) is 5.11 Å². The van der Waals surface area contributed by atoms with Crippen LogP contribution in [-0.4, -0.2) is 53.1 Å². The molecule has 0 atom stereocenters. The number of carboxylic acid groups (broad SMARTS) is 1. The van der Waals surface area contributed by atoms with Gasteiger partial charge in [-0.25, -0.2) is 4.79 Å². The molecule has 3 N–H and O–H groups in total. The van der Waals surface area contributed by atoms with Gasteiger partial charge in [0.05, 0.1) is 12.0 Å². The van der Waals surface area contributed by atoms with Crippen LogP contribution in [0, 0.1) is 0 Å². The summed E-state index contributed by atoms with van der Waals surface area (Å²) in [6, 6.07) is -0.266. The van der Waals surface area contributed by atoms with Crippen molar-refractivity contribution in [2.45, 2.75) is 37.6 Å². The van der Waals surface area contributed by atoms with Crippen molar-refractivity contribution in [2.75, 3.05) is 19.6 Å². The number of carbonyl (C=O) groups is 3. The summed E-state index contributed by atoms with van der Waals surface area (Å²) in [7, 11) is 0. The molecule has 1 aliphatic carbocycles. The fourth-order valence-corrected chi connectivity index (χ4v) is 2.51. The molecule has 1 saturated heterocycles. The zero-order valence-corrected chi connectivity index (χ0v) is 10.8. The van der Waals surface area contributed by atoms with Crippen molar-refractivity contribution < 1.29 is 19.5 Å². The van der Waals surface area contributed by atoms with Crippen molar-refractivity contribution in [1.29, 1.82) is 0 Å². The molecule has 1 heterocycles. The molecule has 2 fully saturated rings. The van der Waals surface area contributed by atoms with E-state index in [1.165, 1.54) is 0 Å². The SMILES string of the molecule is O=C(O)CC1(NC(=O)N2CCNC(=O)CC2)CCC1. The van der Waals surface area contributed by atoms with Crippen LogP contribution in [0.4, 0.5) is 4.79 Å². The second-order valence-corrected chi connectivity index (χ2v) is 5.22. The van der Waals surface area contributed by atoms with Gasteiger partial charge < -0.3 is 20.6 Å². The smallest absolute Gasteiger partial charge is 0.317 e. The third-order valence-corrected chi connectivity index (χ3v) is 3.77. The molecule has 0 aromatic rings. The summed E-state index contributed by atoms with van der Waals surface area (Å²) in [5.74, 6) is -0.952. The Hall–Kier alpha value is -1.79. The van der Waals surface area contributed by atoms with Gasteiger partial charge in [0.15, 0.2) is 0 Å². The lowest BCUT2D eigenvalue weighted by Gasteiger charge is -2.42. The molecule has 0 bridgehead atoms. The standard InChI is InChI=1S/C12H19N3O4/c16-9-2-6-15(7-5-13-9)11(19)14-12(3-1-4-12)8-10(17)18/h1-8H2,(H,13,16)(H,14,19)(H,17,18). The average Bonchev–Trinajstić information content (AvgIpc) is 2.50. The molecule has 2 rings (SSSR count). The number of carboxylic acids is 1. The van der Waals surface area contributed by atoms with Crippen molar-refractivity contribution in [2.24, 2.45) is 0 Å². The maximum Gasteiger partial charge on any atom is 0.317 e. The van der Waals surface area contributed by atoms with Crippen molar-refractivity contribution in [1.82, 2.24) is 15.5 Å². The Morgan fingerprint density at radius 3 is 2.68 bits per heavy atom. The van der Waals surface area contributed by atoms with E-state index in [9.17, 15) is 14.4 Å². The maximum atomic E-state index is 12.1. The number of hydrogen-bond acceptors (Lipinski definition) is 3. The molecule has 7 nitrogen and oxygen atoms in total. The minimum absolute atomic E-state index is 0.0379. The van der Waals surface area contributed by atoms with Gasteiger partial charge >= 0.3 is 12.0 Å². The summed E-state index contributed by atoms with van der Waals surface area (Å²) < 4.78 is 0. The van der Waals surface area contributed by atoms with Crippen LogP contribution in [-0.2, 0) is 9.59 Å². The maximum absolute atomic E-state index is 12.1. The molecular formula is C12H19N3O4. The normalized spacial score (nSPS) is 21.9. The molecule has 106 valence electrons. The first-order chi connectivity index (χ1) is 9.01. The van der Waals surface area contributed by atoms with Crippen LogP contribution < -0.4 is 10.6 Å². The lowest BCUT2D eigenvalue weighted by atomic mass is 9.74. The topological polar surface area (TPSA) is 98.7 Å². The molecule has 2 aliphatic rings. The van der Waals surface area contributed by atoms with Crippen LogP contribution in [0.5, 0.6) is 0 Å². The first-order valence-corrected chi connectivity index (χ1v) is 6.56. The molecule has 0 radical (unpaired) electrons. The summed E-state index contributed by atoms with van der Waals surface area (Å²) in [4.78, 5) is 35.7. The van der Waals surface area contributed by atoms with E-state index in [-0.39, 0.29) is 18.4 Å². The quantitative estimate of drug-likeness (QED) is 0.667. The Kier molecular flexibility index (Phi) is 3.92. The first-order valence-electron chi connectivity index (χ1n) is 6.56. The van der Waals surface area contributed by atoms with Gasteiger partial charge in [-0.15, -0.1) is 0 Å². The molecule has 0 aromatic carbocycles. The molecule has 7 heteroatoms. The second-order valence-electron chi connectivity index (χ2n) is 5.22. The van der Waals surface area contributed by atoms with Gasteiger partial charge in [0.1, 0.15) is 0 Å². The van der Waals surface area contributed by atoms with Crippen molar-refractivity contribution in [3.05, 3.63) is 0 Å². The Morgan fingerprint density at radius 1 is 1.37 bits per heavy atom. The largest absolute Gasteiger partial charge is 0.481 e. The molecule has 0 unspecified atom stereocenters. The predicted molar refractivity (Wildman–Crippen MR) is 66.6 cm³/mol. The molecule has 3 amide bonds. The number of carbonyl (C=O) groups excluding carboxylic acids is 2. The zero-order chi connectivity index (χ0) is 13.9. The van der Waals surface area contributed by atoms with E-state index in [1.807, 2.05) is 0 Å². The van der Waals surface area contributed by atoms with Crippen molar-refractivity contribution in [3.8, 4) is 0 Å². The van der Waals surface area contributed by atoms with E-state index < -0.39 is 11.5 Å². The van der Waals surface area contributed by atoms with Gasteiger partial charge in [0.2, 0.25) is 5.91 Å². The lowest BCUT2D eigenvalue weighted by Crippen LogP contribution is -2.58. The van der Waals surface area contributed by atoms with E-state index in [0.717, 1.165) is 6.42 Å². The van der Waals surface area contributed by atoms with Gasteiger partial charge in [0, 0.05) is 26.1 Å². The molecular weight excluding hydrogens is 250 g/mol. The van der Waals surface area contributed by atoms with E-state index in [1.54, 1.807) is 4.90 Å². The van der Waals surface area contributed by atoms with Gasteiger partial charge in [-0.2, -0.15) is 0 Å². The van der Waals surface area contributed by atoms with Crippen molar-refractivity contribution >= 4 is 17.9 Å². The van der Waals surface area contributed by atoms with Gasteiger partial charge in [0.25, 0.3) is 0 Å². The molecule has 1 aliphatic heterocycles. The van der Waals surface area contributed by atoms with Crippen molar-refractivity contribution in [3.63, 3.8) is 0 Å². The van der Waals surface area contributed by atoms with E-state index >= 15 is 0 Å². The summed E-state index contributed by atoms with van der Waals surface area (Å²) in [5.41, 5.74) is -0.591. The number of rotatable bonds is 3. The number of urea groups is 1. The van der Waals surface area contributed by atoms with Crippen LogP contribution in [0.2, 0.25) is 0 Å². The van der Waals surface area contributed by atoms with Crippen LogP contribution in [0.15, 0.2) is 0 Å². The third kappa shape index (κ3) is 3.36. The van der Waals surface area contributed by atoms with Crippen LogP contribution >= 0.6 is 0 Å². The fourth-order valence-electron chi connectivity index (χ4n) is 2.51. The molecule has 0 spiro atoms. The highest BCUT2D eigenvalue weighted by atomic mass is 16.4. The number of amides is 3. The highest BCUT2D eigenvalue weighted by Gasteiger charge is 2.41. The minimum atomic E-state index is -0.896. The fraction of sp³-hybridized carbons (Fsp3) is 0.750.